The second-order valence-electron chi connectivity index (χ2n) is 3.79. The first-order valence-corrected chi connectivity index (χ1v) is 5.09. The van der Waals surface area contributed by atoms with Gasteiger partial charge in [-0.2, -0.15) is 0 Å². The summed E-state index contributed by atoms with van der Waals surface area (Å²) in [6.07, 6.45) is 4.23. The van der Waals surface area contributed by atoms with E-state index < -0.39 is 0 Å². The first kappa shape index (κ1) is 11.6. The number of benzene rings is 1. The Labute approximate surface area is 92.1 Å². The maximum Gasteiger partial charge on any atom is 0.119 e. The quantitative estimate of drug-likeness (QED) is 0.671. The summed E-state index contributed by atoms with van der Waals surface area (Å²) in [6.45, 7) is 6.35. The van der Waals surface area contributed by atoms with Gasteiger partial charge < -0.3 is 4.74 Å². The van der Waals surface area contributed by atoms with E-state index in [0.717, 1.165) is 11.3 Å². The zero-order valence-electron chi connectivity index (χ0n) is 9.87. The summed E-state index contributed by atoms with van der Waals surface area (Å²) in [7, 11) is 1.68. The van der Waals surface area contributed by atoms with Gasteiger partial charge in [-0.1, -0.05) is 35.4 Å². The molecule has 1 rings (SSSR count). The van der Waals surface area contributed by atoms with E-state index in [2.05, 4.69) is 39.0 Å². The van der Waals surface area contributed by atoms with Gasteiger partial charge in [-0.15, -0.1) is 0 Å². The highest BCUT2D eigenvalue weighted by Crippen LogP contribution is 2.15. The van der Waals surface area contributed by atoms with Gasteiger partial charge >= 0.3 is 0 Å². The average Bonchev–Trinajstić information content (AvgIpc) is 2.26. The normalized spacial score (nSPS) is 10.4. The van der Waals surface area contributed by atoms with Crippen LogP contribution in [-0.4, -0.2) is 7.11 Å². The summed E-state index contributed by atoms with van der Waals surface area (Å²) in [6, 6.07) is 8.04. The van der Waals surface area contributed by atoms with Gasteiger partial charge in [-0.3, -0.25) is 0 Å². The molecule has 1 aromatic carbocycles. The first-order chi connectivity index (χ1) is 7.13. The van der Waals surface area contributed by atoms with Crippen LogP contribution in [0, 0.1) is 0 Å². The van der Waals surface area contributed by atoms with Crippen molar-refractivity contribution in [3.63, 3.8) is 0 Å². The fourth-order valence-electron chi connectivity index (χ4n) is 1.13. The summed E-state index contributed by atoms with van der Waals surface area (Å²) in [5.41, 5.74) is 3.81. The van der Waals surface area contributed by atoms with Crippen molar-refractivity contribution in [1.29, 1.82) is 0 Å². The minimum atomic E-state index is 0.895. The lowest BCUT2D eigenvalue weighted by atomic mass is 10.1. The van der Waals surface area contributed by atoms with Crippen LogP contribution in [0.25, 0.3) is 6.08 Å². The molecule has 1 nitrogen and oxygen atoms in total. The van der Waals surface area contributed by atoms with Crippen LogP contribution in [0.4, 0.5) is 0 Å². The third kappa shape index (κ3) is 3.62. The molecule has 0 bridgehead atoms. The Morgan fingerprint density at radius 3 is 2.53 bits per heavy atom. The Morgan fingerprint density at radius 1 is 1.20 bits per heavy atom. The van der Waals surface area contributed by atoms with E-state index >= 15 is 0 Å². The highest BCUT2D eigenvalue weighted by molar-refractivity contribution is 5.54. The predicted octanol–water partition coefficient (Wildman–Crippen LogP) is 4.06. The molecule has 0 heterocycles. The van der Waals surface area contributed by atoms with E-state index in [4.69, 9.17) is 4.74 Å². The van der Waals surface area contributed by atoms with Crippen molar-refractivity contribution in [1.82, 2.24) is 0 Å². The van der Waals surface area contributed by atoms with E-state index in [-0.39, 0.29) is 0 Å². The molecule has 0 aromatic heterocycles. The second-order valence-corrected chi connectivity index (χ2v) is 3.79. The van der Waals surface area contributed by atoms with Crippen LogP contribution < -0.4 is 4.74 Å². The number of hydrogen-bond donors (Lipinski definition) is 0. The lowest BCUT2D eigenvalue weighted by Gasteiger charge is -2.00. The zero-order chi connectivity index (χ0) is 11.3. The molecule has 15 heavy (non-hydrogen) atoms. The number of hydrogen-bond acceptors (Lipinski definition) is 1. The Kier molecular flexibility index (Phi) is 4.17. The molecule has 0 aliphatic carbocycles. The predicted molar refractivity (Wildman–Crippen MR) is 66.1 cm³/mol. The zero-order valence-corrected chi connectivity index (χ0v) is 9.87. The fraction of sp³-hybridized carbons (Fsp3) is 0.286. The molecule has 0 radical (unpaired) electrons. The Bertz CT molecular complexity index is 382. The molecular weight excluding hydrogens is 184 g/mol. The Morgan fingerprint density at radius 2 is 1.93 bits per heavy atom. The fourth-order valence-corrected chi connectivity index (χ4v) is 1.13. The van der Waals surface area contributed by atoms with Gasteiger partial charge in [0.15, 0.2) is 0 Å². The van der Waals surface area contributed by atoms with Gasteiger partial charge in [-0.25, -0.2) is 0 Å². The lowest BCUT2D eigenvalue weighted by Crippen LogP contribution is -1.82. The van der Waals surface area contributed by atoms with E-state index in [0.29, 0.717) is 0 Å². The molecule has 0 atom stereocenters. The SMILES string of the molecule is COc1cccc(/C=C/C(C)=C(C)C)c1. The van der Waals surface area contributed by atoms with Gasteiger partial charge in [-0.05, 0) is 38.5 Å². The molecule has 1 aromatic rings. The Balaban J connectivity index is 2.85. The highest BCUT2D eigenvalue weighted by Gasteiger charge is 1.91. The number of ether oxygens (including phenoxy) is 1. The van der Waals surface area contributed by atoms with E-state index in [9.17, 15) is 0 Å². The van der Waals surface area contributed by atoms with Crippen molar-refractivity contribution in [3.8, 4) is 5.75 Å². The van der Waals surface area contributed by atoms with E-state index in [1.807, 2.05) is 18.2 Å². The van der Waals surface area contributed by atoms with Crippen LogP contribution >= 0.6 is 0 Å². The van der Waals surface area contributed by atoms with Crippen molar-refractivity contribution in [2.45, 2.75) is 20.8 Å². The topological polar surface area (TPSA) is 9.23 Å². The molecular formula is C14H18O. The molecule has 0 amide bonds. The molecule has 0 fully saturated rings. The average molecular weight is 202 g/mol. The molecule has 0 N–H and O–H groups in total. The molecule has 0 aliphatic rings. The third-order valence-electron chi connectivity index (χ3n) is 2.41. The summed E-state index contributed by atoms with van der Waals surface area (Å²) >= 11 is 0. The van der Waals surface area contributed by atoms with E-state index in [1.54, 1.807) is 7.11 Å². The second kappa shape index (κ2) is 5.40. The van der Waals surface area contributed by atoms with Crippen molar-refractivity contribution in [3.05, 3.63) is 47.1 Å². The van der Waals surface area contributed by atoms with Gasteiger partial charge in [0.05, 0.1) is 7.11 Å². The molecule has 0 saturated heterocycles. The lowest BCUT2D eigenvalue weighted by molar-refractivity contribution is 0.414. The Hall–Kier alpha value is -1.50. The van der Waals surface area contributed by atoms with Gasteiger partial charge in [0.25, 0.3) is 0 Å². The highest BCUT2D eigenvalue weighted by atomic mass is 16.5. The van der Waals surface area contributed by atoms with Crippen molar-refractivity contribution in [2.75, 3.05) is 7.11 Å². The van der Waals surface area contributed by atoms with Gasteiger partial charge in [0, 0.05) is 0 Å². The molecule has 80 valence electrons. The van der Waals surface area contributed by atoms with Crippen LogP contribution in [0.2, 0.25) is 0 Å². The van der Waals surface area contributed by atoms with Crippen LogP contribution in [0.1, 0.15) is 26.3 Å². The molecule has 0 unspecified atom stereocenters. The minimum Gasteiger partial charge on any atom is -0.497 e. The molecule has 0 saturated carbocycles. The smallest absolute Gasteiger partial charge is 0.119 e. The van der Waals surface area contributed by atoms with Gasteiger partial charge in [0.2, 0.25) is 0 Å². The number of methoxy groups -OCH3 is 1. The minimum absolute atomic E-state index is 0.895. The molecule has 0 spiro atoms. The summed E-state index contributed by atoms with van der Waals surface area (Å²) in [5, 5.41) is 0. The van der Waals surface area contributed by atoms with Crippen molar-refractivity contribution >= 4 is 6.08 Å². The number of rotatable bonds is 3. The van der Waals surface area contributed by atoms with Crippen molar-refractivity contribution in [2.24, 2.45) is 0 Å². The largest absolute Gasteiger partial charge is 0.497 e. The third-order valence-corrected chi connectivity index (χ3v) is 2.41. The van der Waals surface area contributed by atoms with Crippen LogP contribution in [0.5, 0.6) is 5.75 Å². The van der Waals surface area contributed by atoms with Gasteiger partial charge in [0.1, 0.15) is 5.75 Å². The standard InChI is InChI=1S/C14H18O/c1-11(2)12(3)8-9-13-6-5-7-14(10-13)15-4/h5-10H,1-4H3/b9-8+. The van der Waals surface area contributed by atoms with Crippen LogP contribution in [-0.2, 0) is 0 Å². The summed E-state index contributed by atoms with van der Waals surface area (Å²) < 4.78 is 5.16. The van der Waals surface area contributed by atoms with Crippen molar-refractivity contribution < 1.29 is 4.74 Å². The number of allylic oxidation sites excluding steroid dienone is 3. The first-order valence-electron chi connectivity index (χ1n) is 5.09. The summed E-state index contributed by atoms with van der Waals surface area (Å²) in [5.74, 6) is 0.895. The molecule has 0 aliphatic heterocycles. The maximum absolute atomic E-state index is 5.16. The van der Waals surface area contributed by atoms with Crippen LogP contribution in [0.3, 0.4) is 0 Å². The molecule has 1 heteroatoms. The van der Waals surface area contributed by atoms with Crippen LogP contribution in [0.15, 0.2) is 41.5 Å². The van der Waals surface area contributed by atoms with E-state index in [1.165, 1.54) is 11.1 Å². The maximum atomic E-state index is 5.16. The summed E-state index contributed by atoms with van der Waals surface area (Å²) in [4.78, 5) is 0. The monoisotopic (exact) mass is 202 g/mol.